The van der Waals surface area contributed by atoms with E-state index < -0.39 is 5.82 Å². The molecule has 18 heavy (non-hydrogen) atoms. The summed E-state index contributed by atoms with van der Waals surface area (Å²) in [5.41, 5.74) is 1.29. The van der Waals surface area contributed by atoms with Gasteiger partial charge in [0.05, 0.1) is 18.1 Å². The third-order valence-corrected chi connectivity index (χ3v) is 2.99. The molecule has 1 aromatic heterocycles. The molecule has 5 heteroatoms. The Labute approximate surface area is 104 Å². The molecule has 0 spiro atoms. The number of rotatable bonds is 4. The summed E-state index contributed by atoms with van der Waals surface area (Å²) in [5.74, 6) is -0.815. The maximum atomic E-state index is 13.6. The third kappa shape index (κ3) is 2.56. The molecule has 2 aromatic rings. The number of nitrogens with zero attached hydrogens (tertiary/aromatic N) is 2. The van der Waals surface area contributed by atoms with Crippen LogP contribution in [0.25, 0.3) is 0 Å². The van der Waals surface area contributed by atoms with E-state index in [1.165, 1.54) is 6.07 Å². The molecule has 0 aliphatic carbocycles. The average Bonchev–Trinajstić information content (AvgIpc) is 2.77. The van der Waals surface area contributed by atoms with E-state index in [0.717, 1.165) is 17.8 Å². The second-order valence-electron chi connectivity index (χ2n) is 4.21. The molecule has 0 fully saturated rings. The van der Waals surface area contributed by atoms with Crippen LogP contribution in [0.4, 0.5) is 8.78 Å². The summed E-state index contributed by atoms with van der Waals surface area (Å²) >= 11 is 0. The summed E-state index contributed by atoms with van der Waals surface area (Å²) in [6.07, 6.45) is 3.78. The van der Waals surface area contributed by atoms with Crippen molar-refractivity contribution in [1.82, 2.24) is 14.9 Å². The molecule has 0 radical (unpaired) electrons. The molecule has 1 heterocycles. The molecule has 0 saturated heterocycles. The molecule has 0 saturated carbocycles. The van der Waals surface area contributed by atoms with E-state index in [1.54, 1.807) is 19.6 Å². The quantitative estimate of drug-likeness (QED) is 0.902. The first kappa shape index (κ1) is 12.7. The van der Waals surface area contributed by atoms with Gasteiger partial charge in [-0.1, -0.05) is 0 Å². The maximum absolute atomic E-state index is 13.6. The molecule has 3 nitrogen and oxygen atoms in total. The predicted octanol–water partition coefficient (Wildman–Crippen LogP) is 2.20. The van der Waals surface area contributed by atoms with Gasteiger partial charge in [-0.15, -0.1) is 0 Å². The number of nitrogens with one attached hydrogen (secondary N) is 1. The molecule has 2 rings (SSSR count). The largest absolute Gasteiger partial charge is 0.336 e. The fourth-order valence-electron chi connectivity index (χ4n) is 1.98. The molecule has 0 bridgehead atoms. The van der Waals surface area contributed by atoms with E-state index in [1.807, 2.05) is 11.6 Å². The second kappa shape index (κ2) is 5.27. The third-order valence-electron chi connectivity index (χ3n) is 2.99. The fourth-order valence-corrected chi connectivity index (χ4v) is 1.98. The van der Waals surface area contributed by atoms with Gasteiger partial charge in [0.1, 0.15) is 11.6 Å². The van der Waals surface area contributed by atoms with Crippen LogP contribution >= 0.6 is 0 Å². The van der Waals surface area contributed by atoms with Crippen molar-refractivity contribution in [3.8, 4) is 0 Å². The van der Waals surface area contributed by atoms with Gasteiger partial charge in [-0.25, -0.2) is 13.8 Å². The molecular formula is C13H15F2N3. The SMILES string of the molecule is CNC(Cc1cc(F)ccc1F)c1cncn1C. The lowest BCUT2D eigenvalue weighted by molar-refractivity contribution is 0.525. The lowest BCUT2D eigenvalue weighted by Gasteiger charge is -2.17. The van der Waals surface area contributed by atoms with Crippen molar-refractivity contribution in [2.24, 2.45) is 7.05 Å². The monoisotopic (exact) mass is 251 g/mol. The summed E-state index contributed by atoms with van der Waals surface area (Å²) in [7, 11) is 3.66. The van der Waals surface area contributed by atoms with Gasteiger partial charge in [0.15, 0.2) is 0 Å². The molecule has 0 amide bonds. The zero-order chi connectivity index (χ0) is 13.1. The van der Waals surface area contributed by atoms with Gasteiger partial charge in [0.25, 0.3) is 0 Å². The average molecular weight is 251 g/mol. The standard InChI is InChI=1S/C13H15F2N3/c1-16-12(13-7-17-8-18(13)2)6-9-5-10(14)3-4-11(9)15/h3-5,7-8,12,16H,6H2,1-2H3. The minimum absolute atomic E-state index is 0.103. The van der Waals surface area contributed by atoms with Crippen molar-refractivity contribution >= 4 is 0 Å². The van der Waals surface area contributed by atoms with Crippen molar-refractivity contribution in [2.45, 2.75) is 12.5 Å². The zero-order valence-corrected chi connectivity index (χ0v) is 10.3. The maximum Gasteiger partial charge on any atom is 0.126 e. The molecule has 96 valence electrons. The van der Waals surface area contributed by atoms with Gasteiger partial charge >= 0.3 is 0 Å². The number of aryl methyl sites for hydroxylation is 1. The van der Waals surface area contributed by atoms with Crippen LogP contribution in [0.15, 0.2) is 30.7 Å². The molecule has 0 aliphatic heterocycles. The Morgan fingerprint density at radius 2 is 2.17 bits per heavy atom. The van der Waals surface area contributed by atoms with Crippen LogP contribution < -0.4 is 5.32 Å². The van der Waals surface area contributed by atoms with Crippen LogP contribution in [0.2, 0.25) is 0 Å². The molecule has 1 aromatic carbocycles. The van der Waals surface area contributed by atoms with Crippen molar-refractivity contribution in [2.75, 3.05) is 7.05 Å². The van der Waals surface area contributed by atoms with Crippen LogP contribution in [0.3, 0.4) is 0 Å². The number of likely N-dealkylation sites (N-methyl/N-ethyl adjacent to an activating group) is 1. The van der Waals surface area contributed by atoms with E-state index >= 15 is 0 Å². The summed E-state index contributed by atoms with van der Waals surface area (Å²) < 4.78 is 28.6. The number of halogens is 2. The predicted molar refractivity (Wildman–Crippen MR) is 65.1 cm³/mol. The minimum atomic E-state index is -0.425. The summed E-state index contributed by atoms with van der Waals surface area (Å²) in [4.78, 5) is 4.03. The Morgan fingerprint density at radius 1 is 1.39 bits per heavy atom. The number of aromatic nitrogens is 2. The lowest BCUT2D eigenvalue weighted by Crippen LogP contribution is -2.21. The van der Waals surface area contributed by atoms with E-state index in [-0.39, 0.29) is 11.9 Å². The highest BCUT2D eigenvalue weighted by Gasteiger charge is 2.16. The Hall–Kier alpha value is -1.75. The van der Waals surface area contributed by atoms with Crippen molar-refractivity contribution < 1.29 is 8.78 Å². The Kier molecular flexibility index (Phi) is 3.72. The van der Waals surface area contributed by atoms with E-state index in [9.17, 15) is 8.78 Å². The summed E-state index contributed by atoms with van der Waals surface area (Å²) in [5, 5.41) is 3.09. The highest BCUT2D eigenvalue weighted by molar-refractivity contribution is 5.21. The van der Waals surface area contributed by atoms with Gasteiger partial charge in [-0.2, -0.15) is 0 Å². The number of imidazole rings is 1. The Bertz CT molecular complexity index is 537. The summed E-state index contributed by atoms with van der Waals surface area (Å²) in [6, 6.07) is 3.40. The van der Waals surface area contributed by atoms with E-state index in [2.05, 4.69) is 10.3 Å². The fraction of sp³-hybridized carbons (Fsp3) is 0.308. The Morgan fingerprint density at radius 3 is 2.78 bits per heavy atom. The van der Waals surface area contributed by atoms with Crippen LogP contribution in [0.1, 0.15) is 17.3 Å². The van der Waals surface area contributed by atoms with Gasteiger partial charge in [-0.3, -0.25) is 0 Å². The van der Waals surface area contributed by atoms with Gasteiger partial charge in [0.2, 0.25) is 0 Å². The normalized spacial score (nSPS) is 12.7. The number of hydrogen-bond acceptors (Lipinski definition) is 2. The second-order valence-corrected chi connectivity index (χ2v) is 4.21. The van der Waals surface area contributed by atoms with Crippen LogP contribution in [-0.2, 0) is 13.5 Å². The van der Waals surface area contributed by atoms with Crippen LogP contribution in [0.5, 0.6) is 0 Å². The topological polar surface area (TPSA) is 29.9 Å². The molecular weight excluding hydrogens is 236 g/mol. The van der Waals surface area contributed by atoms with Crippen molar-refractivity contribution in [1.29, 1.82) is 0 Å². The van der Waals surface area contributed by atoms with Gasteiger partial charge in [-0.05, 0) is 37.2 Å². The zero-order valence-electron chi connectivity index (χ0n) is 10.3. The first-order valence-corrected chi connectivity index (χ1v) is 5.69. The first-order chi connectivity index (χ1) is 8.61. The van der Waals surface area contributed by atoms with E-state index in [4.69, 9.17) is 0 Å². The highest BCUT2D eigenvalue weighted by atomic mass is 19.1. The van der Waals surface area contributed by atoms with Crippen molar-refractivity contribution in [3.63, 3.8) is 0 Å². The van der Waals surface area contributed by atoms with Gasteiger partial charge < -0.3 is 9.88 Å². The van der Waals surface area contributed by atoms with Crippen molar-refractivity contribution in [3.05, 3.63) is 53.6 Å². The smallest absolute Gasteiger partial charge is 0.126 e. The van der Waals surface area contributed by atoms with Crippen LogP contribution in [0, 0.1) is 11.6 Å². The van der Waals surface area contributed by atoms with E-state index in [0.29, 0.717) is 12.0 Å². The van der Waals surface area contributed by atoms with Gasteiger partial charge in [0, 0.05) is 13.2 Å². The number of hydrogen-bond donors (Lipinski definition) is 1. The Balaban J connectivity index is 2.26. The summed E-state index contributed by atoms with van der Waals surface area (Å²) in [6.45, 7) is 0. The van der Waals surface area contributed by atoms with Crippen LogP contribution in [-0.4, -0.2) is 16.6 Å². The molecule has 1 atom stereocenters. The molecule has 1 N–H and O–H groups in total. The lowest BCUT2D eigenvalue weighted by atomic mass is 10.0. The minimum Gasteiger partial charge on any atom is -0.336 e. The highest BCUT2D eigenvalue weighted by Crippen LogP contribution is 2.20. The molecule has 0 aliphatic rings. The number of benzene rings is 1. The first-order valence-electron chi connectivity index (χ1n) is 5.69. The molecule has 1 unspecified atom stereocenters.